The first-order chi connectivity index (χ1) is 13.0. The second kappa shape index (κ2) is 7.93. The van der Waals surface area contributed by atoms with E-state index in [2.05, 4.69) is 0 Å². The second-order valence-corrected chi connectivity index (χ2v) is 5.95. The fraction of sp³-hybridized carbons (Fsp3) is 0.0909. The van der Waals surface area contributed by atoms with Crippen molar-refractivity contribution in [1.29, 1.82) is 0 Å². The molecule has 0 fully saturated rings. The van der Waals surface area contributed by atoms with Crippen molar-refractivity contribution in [3.8, 4) is 0 Å². The zero-order valence-corrected chi connectivity index (χ0v) is 14.3. The van der Waals surface area contributed by atoms with E-state index in [9.17, 15) is 19.1 Å². The normalized spacial score (nSPS) is 11.0. The summed E-state index contributed by atoms with van der Waals surface area (Å²) in [6.07, 6.45) is 0. The molecule has 3 rings (SSSR count). The summed E-state index contributed by atoms with van der Waals surface area (Å²) in [6.45, 7) is -0.607. The van der Waals surface area contributed by atoms with Crippen molar-refractivity contribution in [3.63, 3.8) is 0 Å². The van der Waals surface area contributed by atoms with Gasteiger partial charge >= 0.3 is 5.97 Å². The fourth-order valence-electron chi connectivity index (χ4n) is 2.74. The van der Waals surface area contributed by atoms with Crippen molar-refractivity contribution in [3.05, 3.63) is 107 Å². The van der Waals surface area contributed by atoms with Crippen LogP contribution in [-0.2, 0) is 15.1 Å². The van der Waals surface area contributed by atoms with Crippen molar-refractivity contribution in [2.75, 3.05) is 6.61 Å². The highest BCUT2D eigenvalue weighted by Crippen LogP contribution is 2.31. The second-order valence-electron chi connectivity index (χ2n) is 5.95. The maximum atomic E-state index is 13.3. The van der Waals surface area contributed by atoms with Gasteiger partial charge < -0.3 is 9.84 Å². The van der Waals surface area contributed by atoms with Crippen LogP contribution in [0.4, 0.5) is 4.39 Å². The lowest BCUT2D eigenvalue weighted by Crippen LogP contribution is -2.39. The molecule has 0 heterocycles. The zero-order valence-electron chi connectivity index (χ0n) is 14.3. The van der Waals surface area contributed by atoms with Gasteiger partial charge in [-0.15, -0.1) is 0 Å². The number of Topliss-reactive ketones (excluding diaryl/α,β-unsaturated/α-hetero) is 1. The van der Waals surface area contributed by atoms with E-state index in [0.29, 0.717) is 11.1 Å². The van der Waals surface area contributed by atoms with Gasteiger partial charge in [-0.2, -0.15) is 0 Å². The molecule has 0 spiro atoms. The summed E-state index contributed by atoms with van der Waals surface area (Å²) in [4.78, 5) is 24.9. The summed E-state index contributed by atoms with van der Waals surface area (Å²) in [6, 6.07) is 21.8. The number of aliphatic hydroxyl groups is 1. The standard InChI is InChI=1S/C22H17FO4/c23-19-13-7-8-16(14-19)20(24)15-27-21(25)22(26,17-9-3-1-4-10-17)18-11-5-2-6-12-18/h1-14,26H,15H2. The Hall–Kier alpha value is -3.31. The molecule has 0 radical (unpaired) electrons. The van der Waals surface area contributed by atoms with E-state index in [1.807, 2.05) is 0 Å². The summed E-state index contributed by atoms with van der Waals surface area (Å²) in [5.41, 5.74) is -1.34. The molecule has 0 aromatic heterocycles. The molecule has 0 saturated carbocycles. The molecule has 3 aromatic rings. The Bertz CT molecular complexity index is 899. The van der Waals surface area contributed by atoms with Crippen LogP contribution in [0.2, 0.25) is 0 Å². The molecule has 136 valence electrons. The van der Waals surface area contributed by atoms with Gasteiger partial charge in [0, 0.05) is 5.56 Å². The van der Waals surface area contributed by atoms with Gasteiger partial charge in [-0.05, 0) is 23.3 Å². The van der Waals surface area contributed by atoms with E-state index in [4.69, 9.17) is 4.74 Å². The quantitative estimate of drug-likeness (QED) is 0.537. The minimum atomic E-state index is -2.06. The van der Waals surface area contributed by atoms with Crippen LogP contribution in [0.15, 0.2) is 84.9 Å². The highest BCUT2D eigenvalue weighted by molar-refractivity contribution is 5.98. The third kappa shape index (κ3) is 3.93. The van der Waals surface area contributed by atoms with Gasteiger partial charge in [-0.1, -0.05) is 72.8 Å². The molecular weight excluding hydrogens is 347 g/mol. The van der Waals surface area contributed by atoms with Crippen LogP contribution < -0.4 is 0 Å². The molecule has 0 aliphatic rings. The molecule has 0 aliphatic heterocycles. The molecule has 0 amide bonds. The summed E-state index contributed by atoms with van der Waals surface area (Å²) >= 11 is 0. The third-order valence-electron chi connectivity index (χ3n) is 4.16. The Labute approximate surface area is 155 Å². The molecule has 3 aromatic carbocycles. The summed E-state index contributed by atoms with van der Waals surface area (Å²) in [7, 11) is 0. The predicted octanol–water partition coefficient (Wildman–Crippen LogP) is 3.49. The van der Waals surface area contributed by atoms with Crippen molar-refractivity contribution in [2.24, 2.45) is 0 Å². The van der Waals surface area contributed by atoms with Gasteiger partial charge in [0.2, 0.25) is 5.60 Å². The number of esters is 1. The van der Waals surface area contributed by atoms with Crippen LogP contribution in [0, 0.1) is 5.82 Å². The number of hydrogen-bond acceptors (Lipinski definition) is 4. The van der Waals surface area contributed by atoms with Gasteiger partial charge in [-0.3, -0.25) is 4.79 Å². The van der Waals surface area contributed by atoms with Gasteiger partial charge in [-0.25, -0.2) is 9.18 Å². The monoisotopic (exact) mass is 364 g/mol. The molecule has 0 aliphatic carbocycles. The van der Waals surface area contributed by atoms with E-state index in [0.717, 1.165) is 6.07 Å². The Morgan fingerprint density at radius 1 is 0.852 bits per heavy atom. The Kier molecular flexibility index (Phi) is 5.43. The van der Waals surface area contributed by atoms with Crippen LogP contribution >= 0.6 is 0 Å². The highest BCUT2D eigenvalue weighted by Gasteiger charge is 2.41. The van der Waals surface area contributed by atoms with Gasteiger partial charge in [0.1, 0.15) is 5.82 Å². The number of halogens is 1. The minimum absolute atomic E-state index is 0.0887. The van der Waals surface area contributed by atoms with E-state index in [1.54, 1.807) is 60.7 Å². The van der Waals surface area contributed by atoms with E-state index < -0.39 is 29.8 Å². The number of benzene rings is 3. The van der Waals surface area contributed by atoms with Crippen molar-refractivity contribution >= 4 is 11.8 Å². The maximum Gasteiger partial charge on any atom is 0.348 e. The van der Waals surface area contributed by atoms with Crippen molar-refractivity contribution < 1.29 is 23.8 Å². The average molecular weight is 364 g/mol. The topological polar surface area (TPSA) is 63.6 Å². The molecule has 0 unspecified atom stereocenters. The summed E-state index contributed by atoms with van der Waals surface area (Å²) in [5.74, 6) is -2.10. The molecule has 1 N–H and O–H groups in total. The van der Waals surface area contributed by atoms with Crippen LogP contribution in [0.1, 0.15) is 21.5 Å². The third-order valence-corrected chi connectivity index (χ3v) is 4.16. The van der Waals surface area contributed by atoms with E-state index in [1.165, 1.54) is 18.2 Å². The number of rotatable bonds is 6. The first-order valence-corrected chi connectivity index (χ1v) is 8.31. The lowest BCUT2D eigenvalue weighted by molar-refractivity contribution is -0.160. The molecule has 0 saturated heterocycles. The largest absolute Gasteiger partial charge is 0.455 e. The van der Waals surface area contributed by atoms with Gasteiger partial charge in [0.05, 0.1) is 0 Å². The molecule has 0 bridgehead atoms. The summed E-state index contributed by atoms with van der Waals surface area (Å²) < 4.78 is 18.4. The van der Waals surface area contributed by atoms with Crippen molar-refractivity contribution in [2.45, 2.75) is 5.60 Å². The number of ketones is 1. The Balaban J connectivity index is 1.85. The highest BCUT2D eigenvalue weighted by atomic mass is 19.1. The first kappa shape index (κ1) is 18.5. The zero-order chi connectivity index (χ0) is 19.3. The van der Waals surface area contributed by atoms with Crippen LogP contribution in [0.5, 0.6) is 0 Å². The molecule has 5 heteroatoms. The molecule has 0 atom stereocenters. The van der Waals surface area contributed by atoms with Crippen LogP contribution in [-0.4, -0.2) is 23.5 Å². The van der Waals surface area contributed by atoms with E-state index >= 15 is 0 Å². The van der Waals surface area contributed by atoms with Gasteiger partial charge in [0.15, 0.2) is 12.4 Å². The fourth-order valence-corrected chi connectivity index (χ4v) is 2.74. The van der Waals surface area contributed by atoms with Gasteiger partial charge in [0.25, 0.3) is 0 Å². The molecule has 4 nitrogen and oxygen atoms in total. The molecular formula is C22H17FO4. The number of hydrogen-bond donors (Lipinski definition) is 1. The number of carbonyl (C=O) groups excluding carboxylic acids is 2. The summed E-state index contributed by atoms with van der Waals surface area (Å²) in [5, 5.41) is 11.2. The lowest BCUT2D eigenvalue weighted by Gasteiger charge is -2.26. The maximum absolute atomic E-state index is 13.3. The number of ether oxygens (including phenoxy) is 1. The van der Waals surface area contributed by atoms with Crippen molar-refractivity contribution in [1.82, 2.24) is 0 Å². The smallest absolute Gasteiger partial charge is 0.348 e. The number of carbonyl (C=O) groups is 2. The minimum Gasteiger partial charge on any atom is -0.455 e. The SMILES string of the molecule is O=C(COC(=O)C(O)(c1ccccc1)c1ccccc1)c1cccc(F)c1. The Morgan fingerprint density at radius 3 is 1.93 bits per heavy atom. The predicted molar refractivity (Wildman–Crippen MR) is 97.6 cm³/mol. The van der Waals surface area contributed by atoms with Crippen LogP contribution in [0.25, 0.3) is 0 Å². The van der Waals surface area contributed by atoms with E-state index in [-0.39, 0.29) is 5.56 Å². The first-order valence-electron chi connectivity index (χ1n) is 8.31. The van der Waals surface area contributed by atoms with Crippen LogP contribution in [0.3, 0.4) is 0 Å². The molecule has 27 heavy (non-hydrogen) atoms. The Morgan fingerprint density at radius 2 is 1.41 bits per heavy atom. The average Bonchev–Trinajstić information content (AvgIpc) is 2.72. The lowest BCUT2D eigenvalue weighted by atomic mass is 9.86.